The monoisotopic (exact) mass is 430 g/mol. The van der Waals surface area contributed by atoms with Crippen LogP contribution in [0.4, 0.5) is 5.69 Å². The molecule has 0 unspecified atom stereocenters. The highest BCUT2D eigenvalue weighted by Gasteiger charge is 2.35. The van der Waals surface area contributed by atoms with Gasteiger partial charge in [-0.2, -0.15) is 0 Å². The number of hydrogen-bond donors (Lipinski definition) is 1. The topological polar surface area (TPSA) is 84.9 Å². The van der Waals surface area contributed by atoms with Crippen molar-refractivity contribution in [3.63, 3.8) is 0 Å². The maximum atomic E-state index is 13.0. The minimum Gasteiger partial charge on any atom is -0.478 e. The summed E-state index contributed by atoms with van der Waals surface area (Å²) in [5, 5.41) is 2.90. The van der Waals surface area contributed by atoms with E-state index >= 15 is 0 Å². The van der Waals surface area contributed by atoms with Crippen molar-refractivity contribution in [2.75, 3.05) is 11.6 Å². The molecular formula is C25H22N2O5. The first-order valence-corrected chi connectivity index (χ1v) is 10.3. The van der Waals surface area contributed by atoms with Crippen LogP contribution in [0.5, 0.6) is 5.75 Å². The fraction of sp³-hybridized carbons (Fsp3) is 0.160. The minimum atomic E-state index is -0.859. The Labute approximate surface area is 185 Å². The molecule has 2 amide bonds. The van der Waals surface area contributed by atoms with Gasteiger partial charge < -0.3 is 9.47 Å². The van der Waals surface area contributed by atoms with Crippen LogP contribution in [-0.4, -0.2) is 30.5 Å². The van der Waals surface area contributed by atoms with Gasteiger partial charge in [-0.15, -0.1) is 0 Å². The first-order valence-electron chi connectivity index (χ1n) is 10.3. The Hall–Kier alpha value is -4.13. The van der Waals surface area contributed by atoms with Gasteiger partial charge in [0.2, 0.25) is 0 Å². The highest BCUT2D eigenvalue weighted by atomic mass is 16.6. The first kappa shape index (κ1) is 21.1. The molecule has 0 radical (unpaired) electrons. The Kier molecular flexibility index (Phi) is 5.89. The van der Waals surface area contributed by atoms with Crippen molar-refractivity contribution in [2.45, 2.75) is 20.0 Å². The molecule has 0 aromatic heterocycles. The zero-order valence-electron chi connectivity index (χ0n) is 17.7. The van der Waals surface area contributed by atoms with Gasteiger partial charge in [-0.25, -0.2) is 9.80 Å². The molecule has 4 rings (SSSR count). The number of amides is 2. The van der Waals surface area contributed by atoms with E-state index in [1.54, 1.807) is 44.2 Å². The van der Waals surface area contributed by atoms with Gasteiger partial charge in [0.05, 0.1) is 12.3 Å². The Morgan fingerprint density at radius 1 is 1.03 bits per heavy atom. The van der Waals surface area contributed by atoms with Gasteiger partial charge in [0.15, 0.2) is 6.10 Å². The lowest BCUT2D eigenvalue weighted by atomic mass is 10.0. The molecule has 1 N–H and O–H groups in total. The maximum absolute atomic E-state index is 13.0. The van der Waals surface area contributed by atoms with Crippen LogP contribution in [0.15, 0.2) is 72.3 Å². The third kappa shape index (κ3) is 4.05. The number of esters is 1. The van der Waals surface area contributed by atoms with E-state index in [-0.39, 0.29) is 12.2 Å². The van der Waals surface area contributed by atoms with Crippen LogP contribution in [0, 0.1) is 0 Å². The zero-order chi connectivity index (χ0) is 22.7. The molecule has 32 heavy (non-hydrogen) atoms. The third-order valence-electron chi connectivity index (χ3n) is 5.05. The van der Waals surface area contributed by atoms with Crippen molar-refractivity contribution < 1.29 is 23.9 Å². The lowest BCUT2D eigenvalue weighted by Crippen LogP contribution is -2.35. The molecule has 0 spiro atoms. The van der Waals surface area contributed by atoms with E-state index in [1.807, 2.05) is 36.4 Å². The van der Waals surface area contributed by atoms with Gasteiger partial charge in [0, 0.05) is 5.56 Å². The lowest BCUT2D eigenvalue weighted by Gasteiger charge is -2.17. The summed E-state index contributed by atoms with van der Waals surface area (Å²) in [5.74, 6) is -1.12. The average molecular weight is 430 g/mol. The van der Waals surface area contributed by atoms with Gasteiger partial charge in [0.25, 0.3) is 11.8 Å². The number of hydrazine groups is 1. The molecule has 1 aliphatic rings. The van der Waals surface area contributed by atoms with Crippen molar-refractivity contribution in [3.8, 4) is 5.75 Å². The van der Waals surface area contributed by atoms with Crippen LogP contribution in [0.3, 0.4) is 0 Å². The number of rotatable bonds is 6. The summed E-state index contributed by atoms with van der Waals surface area (Å²) in [6.07, 6.45) is 0.651. The second-order valence-corrected chi connectivity index (χ2v) is 7.19. The number of ether oxygens (including phenoxy) is 2. The highest BCUT2D eigenvalue weighted by Crippen LogP contribution is 2.32. The summed E-state index contributed by atoms with van der Waals surface area (Å²) in [5.41, 5.74) is 3.66. The first-order chi connectivity index (χ1) is 15.5. The SMILES string of the molecule is CCOC(=O)[C@@H](C)Oc1ccc2ccccc2c1/C=C1/C(=O)NN(c2ccccc2)C1=O. The van der Waals surface area contributed by atoms with E-state index in [9.17, 15) is 14.4 Å². The van der Waals surface area contributed by atoms with Crippen LogP contribution >= 0.6 is 0 Å². The molecule has 3 aromatic rings. The van der Waals surface area contributed by atoms with Gasteiger partial charge in [0.1, 0.15) is 11.3 Å². The molecule has 7 heteroatoms. The zero-order valence-corrected chi connectivity index (χ0v) is 17.7. The molecule has 1 saturated heterocycles. The van der Waals surface area contributed by atoms with Crippen LogP contribution in [0.25, 0.3) is 16.8 Å². The highest BCUT2D eigenvalue weighted by molar-refractivity contribution is 6.32. The number of hydrogen-bond acceptors (Lipinski definition) is 5. The van der Waals surface area contributed by atoms with Crippen molar-refractivity contribution in [1.82, 2.24) is 5.43 Å². The Balaban J connectivity index is 1.77. The number of nitrogens with zero attached hydrogens (tertiary/aromatic N) is 1. The second kappa shape index (κ2) is 8.93. The summed E-state index contributed by atoms with van der Waals surface area (Å²) in [7, 11) is 0. The van der Waals surface area contributed by atoms with E-state index in [0.717, 1.165) is 10.8 Å². The number of anilines is 1. The molecule has 1 atom stereocenters. The average Bonchev–Trinajstić information content (AvgIpc) is 3.09. The fourth-order valence-corrected chi connectivity index (χ4v) is 3.49. The molecule has 0 saturated carbocycles. The van der Waals surface area contributed by atoms with Crippen molar-refractivity contribution in [2.24, 2.45) is 0 Å². The summed E-state index contributed by atoms with van der Waals surface area (Å²) in [6, 6.07) is 20.0. The largest absolute Gasteiger partial charge is 0.478 e. The van der Waals surface area contributed by atoms with Crippen LogP contribution in [-0.2, 0) is 19.1 Å². The predicted octanol–water partition coefficient (Wildman–Crippen LogP) is 3.63. The maximum Gasteiger partial charge on any atom is 0.347 e. The summed E-state index contributed by atoms with van der Waals surface area (Å²) in [6.45, 7) is 3.55. The van der Waals surface area contributed by atoms with E-state index in [0.29, 0.717) is 17.0 Å². The molecule has 0 bridgehead atoms. The van der Waals surface area contributed by atoms with Crippen LogP contribution < -0.4 is 15.2 Å². The van der Waals surface area contributed by atoms with Crippen molar-refractivity contribution in [3.05, 3.63) is 77.9 Å². The van der Waals surface area contributed by atoms with E-state index < -0.39 is 23.9 Å². The Morgan fingerprint density at radius 3 is 2.50 bits per heavy atom. The molecule has 1 heterocycles. The van der Waals surface area contributed by atoms with Gasteiger partial charge in [-0.1, -0.05) is 48.5 Å². The van der Waals surface area contributed by atoms with Crippen molar-refractivity contribution in [1.29, 1.82) is 0 Å². The molecule has 7 nitrogen and oxygen atoms in total. The Morgan fingerprint density at radius 2 is 1.75 bits per heavy atom. The summed E-state index contributed by atoms with van der Waals surface area (Å²) in [4.78, 5) is 37.8. The van der Waals surface area contributed by atoms with Crippen LogP contribution in [0.1, 0.15) is 19.4 Å². The van der Waals surface area contributed by atoms with E-state index in [1.165, 1.54) is 11.1 Å². The minimum absolute atomic E-state index is 0.0288. The van der Waals surface area contributed by atoms with Crippen LogP contribution in [0.2, 0.25) is 0 Å². The molecule has 0 aliphatic carbocycles. The quantitative estimate of drug-likeness (QED) is 0.367. The molecular weight excluding hydrogens is 408 g/mol. The normalized spacial score (nSPS) is 15.7. The number of nitrogens with one attached hydrogen (secondary N) is 1. The Bertz CT molecular complexity index is 1220. The van der Waals surface area contributed by atoms with Crippen molar-refractivity contribution >= 4 is 40.3 Å². The third-order valence-corrected chi connectivity index (χ3v) is 5.05. The summed E-state index contributed by atoms with van der Waals surface area (Å²) < 4.78 is 10.9. The number of benzene rings is 3. The standard InChI is InChI=1S/C25H22N2O5/c1-3-31-25(30)16(2)32-22-14-13-17-9-7-8-12-19(17)20(22)15-21-23(28)26-27(24(21)29)18-10-5-4-6-11-18/h4-16H,3H2,1-2H3,(H,26,28)/b21-15-/t16-/m1/s1. The lowest BCUT2D eigenvalue weighted by molar-refractivity contribution is -0.150. The fourth-order valence-electron chi connectivity index (χ4n) is 3.49. The number of carbonyl (C=O) groups excluding carboxylic acids is 3. The molecule has 1 fully saturated rings. The predicted molar refractivity (Wildman–Crippen MR) is 121 cm³/mol. The number of para-hydroxylation sites is 1. The molecule has 162 valence electrons. The summed E-state index contributed by atoms with van der Waals surface area (Å²) >= 11 is 0. The second-order valence-electron chi connectivity index (χ2n) is 7.19. The molecule has 1 aliphatic heterocycles. The smallest absolute Gasteiger partial charge is 0.347 e. The number of carbonyl (C=O) groups is 3. The molecule has 3 aromatic carbocycles. The van der Waals surface area contributed by atoms with E-state index in [2.05, 4.69) is 5.43 Å². The van der Waals surface area contributed by atoms with Gasteiger partial charge in [-0.3, -0.25) is 15.0 Å². The van der Waals surface area contributed by atoms with E-state index in [4.69, 9.17) is 9.47 Å². The van der Waals surface area contributed by atoms with Gasteiger partial charge in [-0.05, 0) is 48.9 Å². The number of fused-ring (bicyclic) bond motifs is 1. The van der Waals surface area contributed by atoms with Gasteiger partial charge >= 0.3 is 5.97 Å².